The number of carbonyl (C=O) groups excluding carboxylic acids is 2. The van der Waals surface area contributed by atoms with E-state index in [1.165, 1.54) is 24.3 Å². The van der Waals surface area contributed by atoms with Crippen molar-refractivity contribution >= 4 is 23.7 Å². The molecule has 1 aliphatic rings. The van der Waals surface area contributed by atoms with Crippen LogP contribution >= 0.6 is 0 Å². The molecule has 0 aromatic heterocycles. The molecule has 6 nitrogen and oxygen atoms in total. The zero-order valence-corrected chi connectivity index (χ0v) is 13.4. The van der Waals surface area contributed by atoms with Gasteiger partial charge in [0.15, 0.2) is 0 Å². The Morgan fingerprint density at radius 1 is 1.00 bits per heavy atom. The monoisotopic (exact) mass is 336 g/mol. The van der Waals surface area contributed by atoms with E-state index in [0.29, 0.717) is 34.5 Å². The molecular weight excluding hydrogens is 320 g/mol. The van der Waals surface area contributed by atoms with Crippen LogP contribution in [0, 0.1) is 0 Å². The summed E-state index contributed by atoms with van der Waals surface area (Å²) in [5.74, 6) is -0.111. The molecule has 0 aliphatic carbocycles. The van der Waals surface area contributed by atoms with Crippen molar-refractivity contribution in [3.63, 3.8) is 0 Å². The summed E-state index contributed by atoms with van der Waals surface area (Å²) in [5, 5.41) is 24.2. The summed E-state index contributed by atoms with van der Waals surface area (Å²) in [6.45, 7) is 1.78. The van der Waals surface area contributed by atoms with Crippen molar-refractivity contribution in [2.24, 2.45) is 0 Å². The molecule has 0 atom stereocenters. The summed E-state index contributed by atoms with van der Waals surface area (Å²) in [5.41, 5.74) is 3.34. The fraction of sp³-hybridized carbons (Fsp3) is 0.0526. The Bertz CT molecular complexity index is 894. The van der Waals surface area contributed by atoms with Crippen LogP contribution in [-0.2, 0) is 9.59 Å². The van der Waals surface area contributed by atoms with Crippen molar-refractivity contribution < 1.29 is 19.8 Å². The van der Waals surface area contributed by atoms with E-state index in [1.54, 1.807) is 31.2 Å². The molecule has 2 amide bonds. The van der Waals surface area contributed by atoms with Crippen LogP contribution < -0.4 is 10.6 Å². The largest absolute Gasteiger partial charge is 0.508 e. The van der Waals surface area contributed by atoms with Crippen LogP contribution in [0.25, 0.3) is 11.4 Å². The molecule has 3 rings (SSSR count). The van der Waals surface area contributed by atoms with E-state index in [9.17, 15) is 19.8 Å². The number of benzene rings is 2. The molecule has 25 heavy (non-hydrogen) atoms. The second-order valence-electron chi connectivity index (χ2n) is 5.56. The van der Waals surface area contributed by atoms with E-state index in [4.69, 9.17) is 0 Å². The highest BCUT2D eigenvalue weighted by Gasteiger charge is 2.28. The van der Waals surface area contributed by atoms with Crippen molar-refractivity contribution in [2.45, 2.75) is 6.92 Å². The van der Waals surface area contributed by atoms with Crippen molar-refractivity contribution in [2.75, 3.05) is 0 Å². The van der Waals surface area contributed by atoms with Gasteiger partial charge in [-0.1, -0.05) is 0 Å². The van der Waals surface area contributed by atoms with Gasteiger partial charge in [-0.05, 0) is 72.2 Å². The van der Waals surface area contributed by atoms with E-state index in [-0.39, 0.29) is 17.4 Å². The van der Waals surface area contributed by atoms with Crippen LogP contribution in [0.3, 0.4) is 0 Å². The Hall–Kier alpha value is -3.54. The Morgan fingerprint density at radius 3 is 2.12 bits per heavy atom. The highest BCUT2D eigenvalue weighted by molar-refractivity contribution is 6.15. The fourth-order valence-electron chi connectivity index (χ4n) is 2.77. The lowest BCUT2D eigenvalue weighted by Crippen LogP contribution is -2.20. The molecule has 0 unspecified atom stereocenters. The summed E-state index contributed by atoms with van der Waals surface area (Å²) >= 11 is 0. The van der Waals surface area contributed by atoms with E-state index >= 15 is 0 Å². The van der Waals surface area contributed by atoms with Gasteiger partial charge in [0.05, 0.1) is 17.0 Å². The number of nitrogens with one attached hydrogen (secondary N) is 2. The summed E-state index contributed by atoms with van der Waals surface area (Å²) in [4.78, 5) is 23.6. The molecule has 126 valence electrons. The molecule has 2 aromatic carbocycles. The first-order valence-corrected chi connectivity index (χ1v) is 7.57. The molecule has 0 spiro atoms. The topological polar surface area (TPSA) is 98.7 Å². The van der Waals surface area contributed by atoms with E-state index in [0.717, 1.165) is 5.56 Å². The van der Waals surface area contributed by atoms with Crippen LogP contribution in [-0.4, -0.2) is 22.5 Å². The smallest absolute Gasteiger partial charge is 0.258 e. The van der Waals surface area contributed by atoms with Crippen LogP contribution in [0.15, 0.2) is 59.7 Å². The number of carbonyl (C=O) groups is 2. The maximum atomic E-state index is 12.5. The molecule has 1 heterocycles. The van der Waals surface area contributed by atoms with Crippen molar-refractivity contribution in [3.8, 4) is 11.5 Å². The molecule has 2 aromatic rings. The van der Waals surface area contributed by atoms with Gasteiger partial charge >= 0.3 is 0 Å². The minimum atomic E-state index is -0.335. The Kier molecular flexibility index (Phi) is 4.26. The lowest BCUT2D eigenvalue weighted by molar-refractivity contribution is -0.115. The average Bonchev–Trinajstić information content (AvgIpc) is 2.89. The predicted molar refractivity (Wildman–Crippen MR) is 93.1 cm³/mol. The number of phenolic OH excluding ortho intramolecular Hbond substituents is 2. The van der Waals surface area contributed by atoms with Crippen molar-refractivity contribution in [1.82, 2.24) is 10.6 Å². The van der Waals surface area contributed by atoms with Gasteiger partial charge in [-0.2, -0.15) is 0 Å². The number of aromatic hydroxyl groups is 2. The SMILES string of the molecule is CC1=C(c2ccc(O)cc2)NC(=O)/C1=C(/NC=O)c1ccc(O)cc1. The molecule has 0 saturated heterocycles. The van der Waals surface area contributed by atoms with Gasteiger partial charge in [0, 0.05) is 0 Å². The normalized spacial score (nSPS) is 15.8. The van der Waals surface area contributed by atoms with Crippen LogP contribution in [0.1, 0.15) is 18.1 Å². The molecular formula is C19H16N2O4. The molecule has 0 bridgehead atoms. The van der Waals surface area contributed by atoms with Gasteiger partial charge < -0.3 is 20.8 Å². The minimum Gasteiger partial charge on any atom is -0.508 e. The average molecular weight is 336 g/mol. The van der Waals surface area contributed by atoms with Gasteiger partial charge in [-0.15, -0.1) is 0 Å². The van der Waals surface area contributed by atoms with Crippen LogP contribution in [0.2, 0.25) is 0 Å². The van der Waals surface area contributed by atoms with Crippen LogP contribution in [0.4, 0.5) is 0 Å². The molecule has 4 N–H and O–H groups in total. The first-order chi connectivity index (χ1) is 12.0. The highest BCUT2D eigenvalue weighted by atomic mass is 16.3. The molecule has 1 aliphatic heterocycles. The number of hydrogen-bond donors (Lipinski definition) is 4. The first kappa shape index (κ1) is 16.3. The van der Waals surface area contributed by atoms with Gasteiger partial charge in [0.1, 0.15) is 11.5 Å². The standard InChI is InChI=1S/C19H16N2O4/c1-11-16(18(20-10-22)13-4-8-15(24)9-5-13)19(25)21-17(11)12-2-6-14(23)7-3-12/h2-10,23-24H,1H3,(H,20,22)(H,21,25)/b18-16+. The Labute approximate surface area is 144 Å². The maximum Gasteiger partial charge on any atom is 0.258 e. The summed E-state index contributed by atoms with van der Waals surface area (Å²) in [6.07, 6.45) is 0.508. The maximum absolute atomic E-state index is 12.5. The first-order valence-electron chi connectivity index (χ1n) is 7.57. The quantitative estimate of drug-likeness (QED) is 0.508. The Balaban J connectivity index is 2.15. The molecule has 6 heteroatoms. The molecule has 0 saturated carbocycles. The second-order valence-corrected chi connectivity index (χ2v) is 5.56. The third kappa shape index (κ3) is 3.10. The number of hydrogen-bond acceptors (Lipinski definition) is 4. The predicted octanol–water partition coefficient (Wildman–Crippen LogP) is 2.12. The zero-order chi connectivity index (χ0) is 18.0. The summed E-state index contributed by atoms with van der Waals surface area (Å²) < 4.78 is 0. The lowest BCUT2D eigenvalue weighted by atomic mass is 9.99. The minimum absolute atomic E-state index is 0.0899. The molecule has 0 radical (unpaired) electrons. The third-order valence-corrected chi connectivity index (χ3v) is 3.98. The Morgan fingerprint density at radius 2 is 1.56 bits per heavy atom. The second kappa shape index (κ2) is 6.52. The molecule has 0 fully saturated rings. The van der Waals surface area contributed by atoms with Gasteiger partial charge in [0.25, 0.3) is 5.91 Å². The van der Waals surface area contributed by atoms with Crippen LogP contribution in [0.5, 0.6) is 11.5 Å². The van der Waals surface area contributed by atoms with Gasteiger partial charge in [-0.3, -0.25) is 9.59 Å². The number of rotatable bonds is 4. The van der Waals surface area contributed by atoms with E-state index in [1.807, 2.05) is 0 Å². The number of amides is 2. The van der Waals surface area contributed by atoms with Crippen molar-refractivity contribution in [1.29, 1.82) is 0 Å². The fourth-order valence-corrected chi connectivity index (χ4v) is 2.77. The lowest BCUT2D eigenvalue weighted by Gasteiger charge is -2.10. The highest BCUT2D eigenvalue weighted by Crippen LogP contribution is 2.33. The van der Waals surface area contributed by atoms with E-state index < -0.39 is 0 Å². The summed E-state index contributed by atoms with van der Waals surface area (Å²) in [6, 6.07) is 12.7. The van der Waals surface area contributed by atoms with E-state index in [2.05, 4.69) is 10.6 Å². The number of phenols is 2. The van der Waals surface area contributed by atoms with Crippen molar-refractivity contribution in [3.05, 3.63) is 70.8 Å². The van der Waals surface area contributed by atoms with Gasteiger partial charge in [0.2, 0.25) is 6.41 Å². The van der Waals surface area contributed by atoms with Gasteiger partial charge in [-0.25, -0.2) is 0 Å². The third-order valence-electron chi connectivity index (χ3n) is 3.98. The zero-order valence-electron chi connectivity index (χ0n) is 13.4. The summed E-state index contributed by atoms with van der Waals surface area (Å²) in [7, 11) is 0.